The summed E-state index contributed by atoms with van der Waals surface area (Å²) in [6.07, 6.45) is 3.65. The van der Waals surface area contributed by atoms with E-state index in [-0.39, 0.29) is 0 Å². The van der Waals surface area contributed by atoms with Gasteiger partial charge >= 0.3 is 0 Å². The summed E-state index contributed by atoms with van der Waals surface area (Å²) >= 11 is 6.44. The van der Waals surface area contributed by atoms with Gasteiger partial charge in [-0.25, -0.2) is 0 Å². The largest absolute Gasteiger partial charge is 0.494 e. The van der Waals surface area contributed by atoms with Gasteiger partial charge in [0.2, 0.25) is 0 Å². The molecule has 0 aliphatic heterocycles. The maximum absolute atomic E-state index is 6.44. The molecule has 0 radical (unpaired) electrons. The maximum Gasteiger partial charge on any atom is 0.178 e. The number of aryl methyl sites for hydroxylation is 1. The van der Waals surface area contributed by atoms with E-state index >= 15 is 0 Å². The van der Waals surface area contributed by atoms with E-state index in [4.69, 9.17) is 16.3 Å². The molecule has 0 aliphatic rings. The number of fused-ring (bicyclic) bond motifs is 2. The molecule has 3 aromatic heterocycles. The molecule has 0 aliphatic carbocycles. The molecule has 0 bridgehead atoms. The Bertz CT molecular complexity index is 1020. The third kappa shape index (κ3) is 2.19. The van der Waals surface area contributed by atoms with Gasteiger partial charge in [-0.15, -0.1) is 0 Å². The zero-order chi connectivity index (χ0) is 16.0. The second-order valence-corrected chi connectivity index (χ2v) is 5.66. The van der Waals surface area contributed by atoms with Crippen LogP contribution in [0.5, 0.6) is 5.75 Å². The Hall–Kier alpha value is -2.73. The van der Waals surface area contributed by atoms with Crippen LogP contribution in [0.4, 0.5) is 11.5 Å². The Morgan fingerprint density at radius 3 is 3.04 bits per heavy atom. The lowest BCUT2D eigenvalue weighted by Gasteiger charge is -2.07. The third-order valence-electron chi connectivity index (χ3n) is 3.81. The summed E-state index contributed by atoms with van der Waals surface area (Å²) in [5.74, 6) is 1.42. The SMILES string of the molecule is COc1cn(C)c2cc(Nc3n[nH]c4cccnc34)cc(Cl)c12. The minimum atomic E-state index is 0.621. The van der Waals surface area contributed by atoms with Crippen LogP contribution in [0.25, 0.3) is 21.9 Å². The first-order valence-corrected chi connectivity index (χ1v) is 7.44. The minimum absolute atomic E-state index is 0.621. The summed E-state index contributed by atoms with van der Waals surface area (Å²) in [7, 11) is 3.59. The smallest absolute Gasteiger partial charge is 0.178 e. The standard InChI is InChI=1S/C16H14ClN5O/c1-22-8-13(23-2)14-10(17)6-9(7-12(14)22)19-16-15-11(20-21-16)4-3-5-18-15/h3-8H,1-2H3,(H2,19,20,21). The van der Waals surface area contributed by atoms with Crippen molar-refractivity contribution < 1.29 is 4.74 Å². The van der Waals surface area contributed by atoms with Crippen molar-refractivity contribution in [1.29, 1.82) is 0 Å². The highest BCUT2D eigenvalue weighted by molar-refractivity contribution is 6.36. The van der Waals surface area contributed by atoms with E-state index in [0.29, 0.717) is 10.8 Å². The van der Waals surface area contributed by atoms with E-state index in [1.807, 2.05) is 42.1 Å². The zero-order valence-electron chi connectivity index (χ0n) is 12.6. The number of nitrogens with one attached hydrogen (secondary N) is 2. The van der Waals surface area contributed by atoms with Crippen LogP contribution in [0.15, 0.2) is 36.7 Å². The van der Waals surface area contributed by atoms with Crippen molar-refractivity contribution >= 4 is 45.0 Å². The van der Waals surface area contributed by atoms with Crippen LogP contribution in [0.2, 0.25) is 5.02 Å². The minimum Gasteiger partial charge on any atom is -0.494 e. The van der Waals surface area contributed by atoms with Crippen molar-refractivity contribution in [2.24, 2.45) is 7.05 Å². The molecule has 7 heteroatoms. The lowest BCUT2D eigenvalue weighted by molar-refractivity contribution is 0.418. The number of aromatic amines is 1. The van der Waals surface area contributed by atoms with Gasteiger partial charge in [-0.2, -0.15) is 5.10 Å². The first-order valence-electron chi connectivity index (χ1n) is 7.06. The van der Waals surface area contributed by atoms with Gasteiger partial charge in [-0.1, -0.05) is 11.6 Å². The Labute approximate surface area is 137 Å². The molecule has 0 spiro atoms. The number of rotatable bonds is 3. The number of nitrogens with zero attached hydrogens (tertiary/aromatic N) is 3. The van der Waals surface area contributed by atoms with Crippen LogP contribution in [0, 0.1) is 0 Å². The number of anilines is 2. The van der Waals surface area contributed by atoms with Gasteiger partial charge < -0.3 is 14.6 Å². The highest BCUT2D eigenvalue weighted by atomic mass is 35.5. The molecular weight excluding hydrogens is 314 g/mol. The van der Waals surface area contributed by atoms with Crippen molar-refractivity contribution in [3.8, 4) is 5.75 Å². The van der Waals surface area contributed by atoms with E-state index in [0.717, 1.165) is 33.4 Å². The lowest BCUT2D eigenvalue weighted by atomic mass is 10.2. The Kier molecular flexibility index (Phi) is 3.12. The number of ether oxygens (including phenoxy) is 1. The normalized spacial score (nSPS) is 11.3. The van der Waals surface area contributed by atoms with Gasteiger partial charge in [0.25, 0.3) is 0 Å². The predicted molar refractivity (Wildman–Crippen MR) is 91.7 cm³/mol. The van der Waals surface area contributed by atoms with Gasteiger partial charge in [-0.3, -0.25) is 10.1 Å². The molecule has 0 saturated heterocycles. The summed E-state index contributed by atoms with van der Waals surface area (Å²) in [6, 6.07) is 7.66. The van der Waals surface area contributed by atoms with Crippen molar-refractivity contribution in [3.63, 3.8) is 0 Å². The predicted octanol–water partition coefficient (Wildman–Crippen LogP) is 3.86. The fourth-order valence-electron chi connectivity index (χ4n) is 2.73. The molecule has 4 aromatic rings. The molecule has 0 atom stereocenters. The lowest BCUT2D eigenvalue weighted by Crippen LogP contribution is -1.93. The van der Waals surface area contributed by atoms with Gasteiger partial charge in [0.05, 0.1) is 28.6 Å². The number of halogens is 1. The molecule has 3 heterocycles. The van der Waals surface area contributed by atoms with E-state index < -0.39 is 0 Å². The van der Waals surface area contributed by atoms with Crippen LogP contribution < -0.4 is 10.1 Å². The van der Waals surface area contributed by atoms with Gasteiger partial charge in [0.15, 0.2) is 5.82 Å². The number of benzene rings is 1. The van der Waals surface area contributed by atoms with Crippen LogP contribution in [-0.2, 0) is 7.05 Å². The van der Waals surface area contributed by atoms with Gasteiger partial charge in [0.1, 0.15) is 11.3 Å². The topological polar surface area (TPSA) is 67.8 Å². The first kappa shape index (κ1) is 13.9. The number of hydrogen-bond donors (Lipinski definition) is 2. The molecule has 6 nitrogen and oxygen atoms in total. The number of methoxy groups -OCH3 is 1. The van der Waals surface area contributed by atoms with Crippen LogP contribution in [-0.4, -0.2) is 26.9 Å². The van der Waals surface area contributed by atoms with Crippen LogP contribution >= 0.6 is 11.6 Å². The van der Waals surface area contributed by atoms with Crippen LogP contribution in [0.1, 0.15) is 0 Å². The average Bonchev–Trinajstić information content (AvgIpc) is 3.10. The molecule has 0 saturated carbocycles. The average molecular weight is 328 g/mol. The Morgan fingerprint density at radius 2 is 2.22 bits per heavy atom. The summed E-state index contributed by atoms with van der Waals surface area (Å²) in [5.41, 5.74) is 3.48. The van der Waals surface area contributed by atoms with E-state index in [9.17, 15) is 0 Å². The summed E-state index contributed by atoms with van der Waals surface area (Å²) in [5, 5.41) is 12.0. The summed E-state index contributed by atoms with van der Waals surface area (Å²) < 4.78 is 7.36. The molecular formula is C16H14ClN5O. The third-order valence-corrected chi connectivity index (χ3v) is 4.11. The Morgan fingerprint density at radius 1 is 1.35 bits per heavy atom. The fraction of sp³-hybridized carbons (Fsp3) is 0.125. The van der Waals surface area contributed by atoms with E-state index in [2.05, 4.69) is 20.5 Å². The van der Waals surface area contributed by atoms with E-state index in [1.54, 1.807) is 13.3 Å². The number of pyridine rings is 1. The molecule has 116 valence electrons. The summed E-state index contributed by atoms with van der Waals surface area (Å²) in [6.45, 7) is 0. The van der Waals surface area contributed by atoms with Crippen molar-refractivity contribution in [2.75, 3.05) is 12.4 Å². The monoisotopic (exact) mass is 327 g/mol. The van der Waals surface area contributed by atoms with Crippen molar-refractivity contribution in [3.05, 3.63) is 41.7 Å². The quantitative estimate of drug-likeness (QED) is 0.599. The molecule has 0 fully saturated rings. The number of hydrogen-bond acceptors (Lipinski definition) is 4. The highest BCUT2D eigenvalue weighted by Gasteiger charge is 2.14. The highest BCUT2D eigenvalue weighted by Crippen LogP contribution is 2.37. The number of H-pyrrole nitrogens is 1. The summed E-state index contributed by atoms with van der Waals surface area (Å²) in [4.78, 5) is 4.34. The van der Waals surface area contributed by atoms with Gasteiger partial charge in [-0.05, 0) is 24.3 Å². The van der Waals surface area contributed by atoms with Crippen molar-refractivity contribution in [2.45, 2.75) is 0 Å². The van der Waals surface area contributed by atoms with E-state index in [1.165, 1.54) is 0 Å². The Balaban J connectivity index is 1.82. The van der Waals surface area contributed by atoms with Crippen LogP contribution in [0.3, 0.4) is 0 Å². The second-order valence-electron chi connectivity index (χ2n) is 5.26. The molecule has 2 N–H and O–H groups in total. The van der Waals surface area contributed by atoms with Crippen molar-refractivity contribution in [1.82, 2.24) is 19.7 Å². The molecule has 4 rings (SSSR count). The maximum atomic E-state index is 6.44. The molecule has 0 amide bonds. The fourth-order valence-corrected chi connectivity index (χ4v) is 3.04. The molecule has 0 unspecified atom stereocenters. The molecule has 1 aromatic carbocycles. The van der Waals surface area contributed by atoms with Gasteiger partial charge in [0, 0.05) is 25.1 Å². The number of aromatic nitrogens is 4. The second kappa shape index (κ2) is 5.17. The first-order chi connectivity index (χ1) is 11.2. The molecule has 23 heavy (non-hydrogen) atoms. The zero-order valence-corrected chi connectivity index (χ0v) is 13.3.